The fourth-order valence-electron chi connectivity index (χ4n) is 0.985. The van der Waals surface area contributed by atoms with Crippen molar-refractivity contribution in [1.29, 1.82) is 0 Å². The Bertz CT molecular complexity index is 284. The van der Waals surface area contributed by atoms with Gasteiger partial charge in [-0.25, -0.2) is 4.98 Å². The summed E-state index contributed by atoms with van der Waals surface area (Å²) in [6, 6.07) is 4.04. The first-order valence-electron chi connectivity index (χ1n) is 4.77. The lowest BCUT2D eigenvalue weighted by atomic mass is 10.1. The van der Waals surface area contributed by atoms with Gasteiger partial charge in [0.05, 0.1) is 5.03 Å². The fraction of sp³-hybridized carbons (Fsp3) is 0.455. The molecule has 0 fully saturated rings. The first kappa shape index (κ1) is 11.2. The van der Waals surface area contributed by atoms with Crippen LogP contribution in [0, 0.1) is 12.8 Å². The van der Waals surface area contributed by atoms with Crippen LogP contribution < -0.4 is 0 Å². The normalized spacial score (nSPS) is 12.4. The predicted octanol–water partition coefficient (Wildman–Crippen LogP) is 2.71. The maximum absolute atomic E-state index is 10.6. The first-order chi connectivity index (χ1) is 6.76. The van der Waals surface area contributed by atoms with Crippen molar-refractivity contribution < 1.29 is 4.79 Å². The van der Waals surface area contributed by atoms with Gasteiger partial charge in [-0.3, -0.25) is 0 Å². The van der Waals surface area contributed by atoms with E-state index < -0.39 is 0 Å². The molecule has 0 saturated carbocycles. The van der Waals surface area contributed by atoms with Crippen molar-refractivity contribution >= 4 is 18.0 Å². The Balaban J connectivity index is 2.45. The molecule has 1 aromatic rings. The fourth-order valence-corrected chi connectivity index (χ4v) is 1.98. The van der Waals surface area contributed by atoms with Crippen molar-refractivity contribution in [2.24, 2.45) is 5.92 Å². The van der Waals surface area contributed by atoms with Crippen molar-refractivity contribution in [3.05, 3.63) is 23.9 Å². The van der Waals surface area contributed by atoms with E-state index in [1.807, 2.05) is 32.2 Å². The second kappa shape index (κ2) is 5.81. The standard InChI is InChI=1S/C11H15NOS/c1-3-10(7-13)8-14-11-5-4-9(2)6-12-11/h4-7,10H,3,8H2,1-2H3. The molecule has 14 heavy (non-hydrogen) atoms. The summed E-state index contributed by atoms with van der Waals surface area (Å²) < 4.78 is 0. The summed E-state index contributed by atoms with van der Waals surface area (Å²) in [5, 5.41) is 0.996. The van der Waals surface area contributed by atoms with Gasteiger partial charge in [0.1, 0.15) is 6.29 Å². The van der Waals surface area contributed by atoms with Crippen LogP contribution in [0.5, 0.6) is 0 Å². The molecule has 0 N–H and O–H groups in total. The Morgan fingerprint density at radius 2 is 2.36 bits per heavy atom. The van der Waals surface area contributed by atoms with Gasteiger partial charge in [0.25, 0.3) is 0 Å². The lowest BCUT2D eigenvalue weighted by Crippen LogP contribution is -2.03. The second-order valence-electron chi connectivity index (χ2n) is 3.29. The van der Waals surface area contributed by atoms with E-state index in [0.29, 0.717) is 0 Å². The maximum atomic E-state index is 10.6. The number of carbonyl (C=O) groups excluding carboxylic acids is 1. The molecule has 3 heteroatoms. The highest BCUT2D eigenvalue weighted by atomic mass is 32.2. The van der Waals surface area contributed by atoms with Gasteiger partial charge >= 0.3 is 0 Å². The monoisotopic (exact) mass is 209 g/mol. The van der Waals surface area contributed by atoms with Crippen LogP contribution in [0.4, 0.5) is 0 Å². The molecule has 0 aromatic carbocycles. The topological polar surface area (TPSA) is 30.0 Å². The van der Waals surface area contributed by atoms with Crippen LogP contribution in [0.25, 0.3) is 0 Å². The van der Waals surface area contributed by atoms with E-state index in [2.05, 4.69) is 4.98 Å². The van der Waals surface area contributed by atoms with E-state index in [0.717, 1.165) is 29.0 Å². The van der Waals surface area contributed by atoms with Crippen molar-refractivity contribution in [1.82, 2.24) is 4.98 Å². The molecule has 1 aromatic heterocycles. The van der Waals surface area contributed by atoms with Gasteiger partial charge in [-0.1, -0.05) is 13.0 Å². The molecule has 0 spiro atoms. The number of hydrogen-bond donors (Lipinski definition) is 0. The van der Waals surface area contributed by atoms with E-state index in [1.165, 1.54) is 0 Å². The number of aromatic nitrogens is 1. The lowest BCUT2D eigenvalue weighted by Gasteiger charge is -2.05. The van der Waals surface area contributed by atoms with Crippen LogP contribution in [0.2, 0.25) is 0 Å². The van der Waals surface area contributed by atoms with Gasteiger partial charge in [-0.2, -0.15) is 0 Å². The van der Waals surface area contributed by atoms with Gasteiger partial charge in [0.2, 0.25) is 0 Å². The van der Waals surface area contributed by atoms with E-state index in [1.54, 1.807) is 11.8 Å². The van der Waals surface area contributed by atoms with Crippen LogP contribution in [-0.4, -0.2) is 17.0 Å². The summed E-state index contributed by atoms with van der Waals surface area (Å²) in [5.41, 5.74) is 1.16. The number of rotatable bonds is 5. The van der Waals surface area contributed by atoms with Gasteiger partial charge in [0, 0.05) is 17.9 Å². The molecule has 76 valence electrons. The van der Waals surface area contributed by atoms with Crippen molar-refractivity contribution in [3.63, 3.8) is 0 Å². The number of hydrogen-bond acceptors (Lipinski definition) is 3. The molecule has 0 aliphatic carbocycles. The molecule has 0 aliphatic heterocycles. The quantitative estimate of drug-likeness (QED) is 0.551. The van der Waals surface area contributed by atoms with Gasteiger partial charge < -0.3 is 4.79 Å². The molecule has 1 unspecified atom stereocenters. The van der Waals surface area contributed by atoms with Crippen LogP contribution in [0.1, 0.15) is 18.9 Å². The molecule has 0 bridgehead atoms. The average molecular weight is 209 g/mol. The zero-order valence-electron chi connectivity index (χ0n) is 8.56. The molecular formula is C11H15NOS. The molecule has 1 atom stereocenters. The largest absolute Gasteiger partial charge is 0.303 e. The van der Waals surface area contributed by atoms with Gasteiger partial charge in [-0.05, 0) is 25.0 Å². The average Bonchev–Trinajstić information content (AvgIpc) is 2.22. The highest BCUT2D eigenvalue weighted by molar-refractivity contribution is 7.99. The minimum atomic E-state index is 0.156. The van der Waals surface area contributed by atoms with E-state index in [9.17, 15) is 4.79 Å². The molecule has 2 nitrogen and oxygen atoms in total. The van der Waals surface area contributed by atoms with E-state index in [4.69, 9.17) is 0 Å². The Labute approximate surface area is 89.1 Å². The van der Waals surface area contributed by atoms with Crippen LogP contribution in [0.15, 0.2) is 23.4 Å². The first-order valence-corrected chi connectivity index (χ1v) is 5.75. The minimum absolute atomic E-state index is 0.156. The molecule has 0 aliphatic rings. The van der Waals surface area contributed by atoms with Crippen molar-refractivity contribution in [2.75, 3.05) is 5.75 Å². The minimum Gasteiger partial charge on any atom is -0.303 e. The summed E-state index contributed by atoms with van der Waals surface area (Å²) in [6.45, 7) is 4.05. The summed E-state index contributed by atoms with van der Waals surface area (Å²) in [6.07, 6.45) is 3.79. The molecule has 0 amide bonds. The Morgan fingerprint density at radius 3 is 2.86 bits per heavy atom. The van der Waals surface area contributed by atoms with Gasteiger partial charge in [0.15, 0.2) is 0 Å². The van der Waals surface area contributed by atoms with Crippen molar-refractivity contribution in [3.8, 4) is 0 Å². The number of aldehydes is 1. The highest BCUT2D eigenvalue weighted by Gasteiger charge is 2.05. The molecule has 0 saturated heterocycles. The SMILES string of the molecule is CCC(C=O)CSc1ccc(C)cn1. The van der Waals surface area contributed by atoms with E-state index in [-0.39, 0.29) is 5.92 Å². The van der Waals surface area contributed by atoms with Crippen LogP contribution >= 0.6 is 11.8 Å². The smallest absolute Gasteiger partial charge is 0.123 e. The Morgan fingerprint density at radius 1 is 1.57 bits per heavy atom. The number of pyridine rings is 1. The highest BCUT2D eigenvalue weighted by Crippen LogP contribution is 2.19. The Kier molecular flexibility index (Phi) is 4.66. The maximum Gasteiger partial charge on any atom is 0.123 e. The summed E-state index contributed by atoms with van der Waals surface area (Å²) in [5.74, 6) is 0.985. The van der Waals surface area contributed by atoms with Crippen molar-refractivity contribution in [2.45, 2.75) is 25.3 Å². The number of thioether (sulfide) groups is 1. The third kappa shape index (κ3) is 3.50. The predicted molar refractivity (Wildman–Crippen MR) is 59.5 cm³/mol. The van der Waals surface area contributed by atoms with E-state index >= 15 is 0 Å². The third-order valence-corrected chi connectivity index (χ3v) is 3.18. The molecule has 1 heterocycles. The summed E-state index contributed by atoms with van der Waals surface area (Å²) in [4.78, 5) is 14.8. The Hall–Kier alpha value is -0.830. The summed E-state index contributed by atoms with van der Waals surface area (Å²) >= 11 is 1.64. The number of aryl methyl sites for hydroxylation is 1. The zero-order valence-corrected chi connectivity index (χ0v) is 9.38. The molecular weight excluding hydrogens is 194 g/mol. The molecule has 0 radical (unpaired) electrons. The van der Waals surface area contributed by atoms with Crippen LogP contribution in [0.3, 0.4) is 0 Å². The third-order valence-electron chi connectivity index (χ3n) is 2.05. The number of nitrogens with zero attached hydrogens (tertiary/aromatic N) is 1. The van der Waals surface area contributed by atoms with Crippen LogP contribution in [-0.2, 0) is 4.79 Å². The van der Waals surface area contributed by atoms with Gasteiger partial charge in [-0.15, -0.1) is 11.8 Å². The lowest BCUT2D eigenvalue weighted by molar-refractivity contribution is -0.110. The zero-order chi connectivity index (χ0) is 10.4. The second-order valence-corrected chi connectivity index (χ2v) is 4.33. The summed E-state index contributed by atoms with van der Waals surface area (Å²) in [7, 11) is 0. The molecule has 1 rings (SSSR count). The number of carbonyl (C=O) groups is 1.